The summed E-state index contributed by atoms with van der Waals surface area (Å²) >= 11 is 5.66. The van der Waals surface area contributed by atoms with Gasteiger partial charge in [0.05, 0.1) is 24.3 Å². The zero-order valence-electron chi connectivity index (χ0n) is 20.0. The minimum Gasteiger partial charge on any atom is -0.378 e. The molecule has 2 aromatic carbocycles. The number of anilines is 3. The Kier molecular flexibility index (Phi) is 6.90. The zero-order chi connectivity index (χ0) is 25.3. The van der Waals surface area contributed by atoms with Crippen LogP contribution in [0.5, 0.6) is 0 Å². The third kappa shape index (κ3) is 5.34. The Morgan fingerprint density at radius 1 is 0.944 bits per heavy atom. The Morgan fingerprint density at radius 2 is 1.69 bits per heavy atom. The topological polar surface area (TPSA) is 43.9 Å². The highest BCUT2D eigenvalue weighted by atomic mass is 32.1. The van der Waals surface area contributed by atoms with E-state index in [1.165, 1.54) is 12.1 Å². The Labute approximate surface area is 213 Å². The molecule has 5 rings (SSSR count). The summed E-state index contributed by atoms with van der Waals surface area (Å²) in [6.07, 6.45) is -4.35. The first-order valence-corrected chi connectivity index (χ1v) is 12.4. The fourth-order valence-electron chi connectivity index (χ4n) is 4.66. The van der Waals surface area contributed by atoms with Crippen LogP contribution < -0.4 is 15.1 Å². The highest BCUT2D eigenvalue weighted by molar-refractivity contribution is 7.80. The number of benzene rings is 2. The van der Waals surface area contributed by atoms with Crippen molar-refractivity contribution in [2.45, 2.75) is 13.1 Å². The van der Waals surface area contributed by atoms with Gasteiger partial charge in [-0.15, -0.1) is 0 Å². The molecule has 190 valence electrons. The van der Waals surface area contributed by atoms with Gasteiger partial charge >= 0.3 is 6.18 Å². The van der Waals surface area contributed by atoms with Crippen molar-refractivity contribution in [1.82, 2.24) is 9.88 Å². The first-order valence-electron chi connectivity index (χ1n) is 12.0. The van der Waals surface area contributed by atoms with Gasteiger partial charge in [0.2, 0.25) is 0 Å². The molecule has 0 saturated carbocycles. The first-order chi connectivity index (χ1) is 17.3. The molecule has 0 amide bonds. The van der Waals surface area contributed by atoms with E-state index in [0.29, 0.717) is 50.2 Å². The predicted octanol–water partition coefficient (Wildman–Crippen LogP) is 4.92. The van der Waals surface area contributed by atoms with Crippen molar-refractivity contribution in [3.05, 3.63) is 59.7 Å². The first kappa shape index (κ1) is 24.6. The molecule has 1 aromatic heterocycles. The lowest BCUT2D eigenvalue weighted by Gasteiger charge is -2.37. The van der Waals surface area contributed by atoms with Crippen molar-refractivity contribution in [3.63, 3.8) is 0 Å². The number of halogens is 3. The third-order valence-electron chi connectivity index (χ3n) is 6.69. The lowest BCUT2D eigenvalue weighted by Crippen LogP contribution is -2.50. The van der Waals surface area contributed by atoms with Crippen LogP contribution in [0.1, 0.15) is 11.1 Å². The van der Waals surface area contributed by atoms with E-state index in [0.717, 1.165) is 47.1 Å². The minimum absolute atomic E-state index is 0.581. The Hall–Kier alpha value is -3.11. The molecule has 0 radical (unpaired) electrons. The molecule has 3 heterocycles. The number of nitrogens with one attached hydrogen (secondary N) is 1. The average molecular weight is 516 g/mol. The number of aryl methyl sites for hydroxylation is 1. The molecule has 1 N–H and O–H groups in total. The lowest BCUT2D eigenvalue weighted by molar-refractivity contribution is -0.137. The maximum absolute atomic E-state index is 13.1. The van der Waals surface area contributed by atoms with Gasteiger partial charge in [0.25, 0.3) is 0 Å². The molecule has 6 nitrogen and oxygen atoms in total. The normalized spacial score (nSPS) is 16.9. The second kappa shape index (κ2) is 10.1. The number of hydrogen-bond acceptors (Lipinski definition) is 5. The average Bonchev–Trinajstić information content (AvgIpc) is 2.89. The van der Waals surface area contributed by atoms with E-state index in [9.17, 15) is 13.2 Å². The Balaban J connectivity index is 1.22. The number of rotatable bonds is 3. The summed E-state index contributed by atoms with van der Waals surface area (Å²) in [6.45, 7) is 7.63. The van der Waals surface area contributed by atoms with Crippen LogP contribution in [0.15, 0.2) is 48.5 Å². The maximum Gasteiger partial charge on any atom is 0.416 e. The van der Waals surface area contributed by atoms with E-state index in [1.54, 1.807) is 6.07 Å². The van der Waals surface area contributed by atoms with E-state index in [2.05, 4.69) is 34.2 Å². The maximum atomic E-state index is 13.1. The van der Waals surface area contributed by atoms with Gasteiger partial charge in [-0.25, -0.2) is 4.98 Å². The summed E-state index contributed by atoms with van der Waals surface area (Å²) < 4.78 is 44.7. The molecule has 0 aliphatic carbocycles. The molecule has 0 spiro atoms. The molecule has 10 heteroatoms. The number of fused-ring (bicyclic) bond motifs is 1. The van der Waals surface area contributed by atoms with Gasteiger partial charge in [-0.05, 0) is 67.2 Å². The van der Waals surface area contributed by atoms with Gasteiger partial charge in [-0.3, -0.25) is 0 Å². The van der Waals surface area contributed by atoms with Crippen LogP contribution in [0, 0.1) is 6.92 Å². The van der Waals surface area contributed by atoms with E-state index in [-0.39, 0.29) is 0 Å². The van der Waals surface area contributed by atoms with Crippen molar-refractivity contribution in [2.24, 2.45) is 0 Å². The lowest BCUT2D eigenvalue weighted by atomic mass is 10.1. The largest absolute Gasteiger partial charge is 0.416 e. The fraction of sp³-hybridized carbons (Fsp3) is 0.385. The molecule has 2 aliphatic heterocycles. The molecule has 2 aliphatic rings. The molecule has 2 fully saturated rings. The molecular formula is C26H28F3N5OS. The van der Waals surface area contributed by atoms with Crippen LogP contribution in [-0.2, 0) is 10.9 Å². The van der Waals surface area contributed by atoms with Crippen LogP contribution in [0.2, 0.25) is 0 Å². The molecule has 0 atom stereocenters. The zero-order valence-corrected chi connectivity index (χ0v) is 20.8. The van der Waals surface area contributed by atoms with Crippen LogP contribution >= 0.6 is 12.2 Å². The molecular weight excluding hydrogens is 487 g/mol. The minimum atomic E-state index is -4.35. The summed E-state index contributed by atoms with van der Waals surface area (Å²) in [7, 11) is 0. The van der Waals surface area contributed by atoms with Crippen molar-refractivity contribution in [3.8, 4) is 0 Å². The van der Waals surface area contributed by atoms with Crippen LogP contribution in [0.25, 0.3) is 10.9 Å². The van der Waals surface area contributed by atoms with Crippen molar-refractivity contribution in [2.75, 3.05) is 67.6 Å². The third-order valence-corrected chi connectivity index (χ3v) is 7.05. The van der Waals surface area contributed by atoms with Crippen LogP contribution in [0.4, 0.5) is 30.4 Å². The number of ether oxygens (including phenoxy) is 1. The number of morpholine rings is 1. The van der Waals surface area contributed by atoms with E-state index in [1.807, 2.05) is 17.0 Å². The number of piperazine rings is 1. The molecule has 2 saturated heterocycles. The summed E-state index contributed by atoms with van der Waals surface area (Å²) in [5, 5.41) is 5.00. The van der Waals surface area contributed by atoms with Gasteiger partial charge in [-0.1, -0.05) is 6.07 Å². The predicted molar refractivity (Wildman–Crippen MR) is 141 cm³/mol. The van der Waals surface area contributed by atoms with Crippen molar-refractivity contribution >= 4 is 45.4 Å². The van der Waals surface area contributed by atoms with E-state index >= 15 is 0 Å². The van der Waals surface area contributed by atoms with Crippen molar-refractivity contribution in [1.29, 1.82) is 0 Å². The number of nitrogens with zero attached hydrogens (tertiary/aromatic N) is 4. The summed E-state index contributed by atoms with van der Waals surface area (Å²) in [6, 6.07) is 13.6. The summed E-state index contributed by atoms with van der Waals surface area (Å²) in [5.74, 6) is 0.971. The molecule has 36 heavy (non-hydrogen) atoms. The second-order valence-corrected chi connectivity index (χ2v) is 9.47. The molecule has 0 bridgehead atoms. The molecule has 0 unspecified atom stereocenters. The number of hydrogen-bond donors (Lipinski definition) is 1. The van der Waals surface area contributed by atoms with E-state index < -0.39 is 11.7 Å². The number of thiocarbonyl (C=S) groups is 1. The Morgan fingerprint density at radius 3 is 2.42 bits per heavy atom. The number of pyridine rings is 1. The van der Waals surface area contributed by atoms with Gasteiger partial charge in [0.1, 0.15) is 5.82 Å². The van der Waals surface area contributed by atoms with Gasteiger partial charge in [0, 0.05) is 56.0 Å². The smallest absolute Gasteiger partial charge is 0.378 e. The monoisotopic (exact) mass is 515 g/mol. The Bertz CT molecular complexity index is 1250. The quantitative estimate of drug-likeness (QED) is 0.497. The van der Waals surface area contributed by atoms with Crippen molar-refractivity contribution < 1.29 is 17.9 Å². The standard InChI is InChI=1S/C26H28F3N5OS/c1-18-15-24(33-11-13-35-14-12-33)31-23-6-5-20(17-22(18)23)30-25(36)34-9-7-32(8-10-34)21-4-2-3-19(16-21)26(27,28)29/h2-6,15-17H,7-14H2,1H3,(H,30,36). The summed E-state index contributed by atoms with van der Waals surface area (Å²) in [4.78, 5) is 11.1. The summed E-state index contributed by atoms with van der Waals surface area (Å²) in [5.41, 5.74) is 2.92. The molecule has 3 aromatic rings. The van der Waals surface area contributed by atoms with Gasteiger partial charge < -0.3 is 24.8 Å². The fourth-order valence-corrected chi connectivity index (χ4v) is 4.96. The number of aromatic nitrogens is 1. The SMILES string of the molecule is Cc1cc(N2CCOCC2)nc2ccc(NC(=S)N3CCN(c4cccc(C(F)(F)F)c4)CC3)cc12. The van der Waals surface area contributed by atoms with Gasteiger partial charge in [-0.2, -0.15) is 13.2 Å². The van der Waals surface area contributed by atoms with Crippen LogP contribution in [0.3, 0.4) is 0 Å². The number of alkyl halides is 3. The van der Waals surface area contributed by atoms with Crippen LogP contribution in [-0.4, -0.2) is 67.5 Å². The second-order valence-electron chi connectivity index (χ2n) is 9.08. The highest BCUT2D eigenvalue weighted by Crippen LogP contribution is 2.32. The van der Waals surface area contributed by atoms with E-state index in [4.69, 9.17) is 21.9 Å². The highest BCUT2D eigenvalue weighted by Gasteiger charge is 2.31. The van der Waals surface area contributed by atoms with Gasteiger partial charge in [0.15, 0.2) is 5.11 Å².